The van der Waals surface area contributed by atoms with Crippen LogP contribution in [0.25, 0.3) is 0 Å². The van der Waals surface area contributed by atoms with E-state index in [0.717, 1.165) is 17.2 Å². The lowest BCUT2D eigenvalue weighted by molar-refractivity contribution is -0.122. The molecule has 6 nitrogen and oxygen atoms in total. The molecule has 0 radical (unpaired) electrons. The number of amides is 1. The molecule has 1 aromatic rings. The number of thioether (sulfide) groups is 1. The van der Waals surface area contributed by atoms with Gasteiger partial charge in [-0.15, -0.1) is 11.8 Å². The van der Waals surface area contributed by atoms with Gasteiger partial charge >= 0.3 is 0 Å². The summed E-state index contributed by atoms with van der Waals surface area (Å²) in [6, 6.07) is 3.44. The molecule has 7 heteroatoms. The Hall–Kier alpha value is -1.60. The Morgan fingerprint density at radius 2 is 1.90 bits per heavy atom. The van der Waals surface area contributed by atoms with Gasteiger partial charge in [0, 0.05) is 29.8 Å². The van der Waals surface area contributed by atoms with E-state index in [1.165, 1.54) is 0 Å². The van der Waals surface area contributed by atoms with Gasteiger partial charge in [0.25, 0.3) is 0 Å². The third-order valence-electron chi connectivity index (χ3n) is 3.27. The number of hydrogen-bond donors (Lipinski definition) is 2. The largest absolute Gasteiger partial charge is 0.496 e. The van der Waals surface area contributed by atoms with Crippen molar-refractivity contribution in [2.45, 2.75) is 12.6 Å². The number of carbonyl (C=O) groups excluding carboxylic acids is 1. The molecule has 0 spiro atoms. The minimum Gasteiger partial charge on any atom is -0.496 e. The SMILES string of the molecule is COc1cc(OC)c(OC)cc1CNC(=O)C1CSCN1. The topological polar surface area (TPSA) is 68.8 Å². The number of nitrogens with one attached hydrogen (secondary N) is 2. The van der Waals surface area contributed by atoms with Crippen molar-refractivity contribution >= 4 is 17.7 Å². The lowest BCUT2D eigenvalue weighted by atomic mass is 10.1. The zero-order chi connectivity index (χ0) is 15.2. The Kier molecular flexibility index (Phi) is 5.58. The summed E-state index contributed by atoms with van der Waals surface area (Å²) in [5.41, 5.74) is 0.842. The molecule has 0 aliphatic carbocycles. The number of benzene rings is 1. The van der Waals surface area contributed by atoms with Gasteiger partial charge < -0.3 is 19.5 Å². The quantitative estimate of drug-likeness (QED) is 0.816. The summed E-state index contributed by atoms with van der Waals surface area (Å²) in [6.07, 6.45) is 0. The van der Waals surface area contributed by atoms with Crippen molar-refractivity contribution in [1.29, 1.82) is 0 Å². The Balaban J connectivity index is 2.09. The maximum Gasteiger partial charge on any atom is 0.238 e. The molecule has 1 aliphatic heterocycles. The minimum absolute atomic E-state index is 0.00293. The van der Waals surface area contributed by atoms with Crippen LogP contribution in [0, 0.1) is 0 Å². The van der Waals surface area contributed by atoms with Crippen LogP contribution in [-0.4, -0.2) is 44.9 Å². The summed E-state index contributed by atoms with van der Waals surface area (Å²) in [5.74, 6) is 3.47. The number of hydrogen-bond acceptors (Lipinski definition) is 6. The van der Waals surface area contributed by atoms with Crippen LogP contribution in [0.5, 0.6) is 17.2 Å². The zero-order valence-corrected chi connectivity index (χ0v) is 13.2. The monoisotopic (exact) mass is 312 g/mol. The first-order valence-corrected chi connectivity index (χ1v) is 7.72. The lowest BCUT2D eigenvalue weighted by Crippen LogP contribution is -2.41. The maximum atomic E-state index is 12.0. The number of rotatable bonds is 6. The maximum absolute atomic E-state index is 12.0. The van der Waals surface area contributed by atoms with Crippen molar-refractivity contribution in [3.8, 4) is 17.2 Å². The van der Waals surface area contributed by atoms with E-state index in [9.17, 15) is 4.79 Å². The average Bonchev–Trinajstić information content (AvgIpc) is 3.06. The first kappa shape index (κ1) is 15.8. The van der Waals surface area contributed by atoms with E-state index >= 15 is 0 Å². The Labute approximate surface area is 128 Å². The third kappa shape index (κ3) is 3.74. The Morgan fingerprint density at radius 3 is 2.48 bits per heavy atom. The van der Waals surface area contributed by atoms with Crippen LogP contribution in [0.2, 0.25) is 0 Å². The predicted octanol–water partition coefficient (Wildman–Crippen LogP) is 0.991. The van der Waals surface area contributed by atoms with E-state index < -0.39 is 0 Å². The van der Waals surface area contributed by atoms with Crippen LogP contribution in [0.15, 0.2) is 12.1 Å². The zero-order valence-electron chi connectivity index (χ0n) is 12.4. The van der Waals surface area contributed by atoms with Gasteiger partial charge in [-0.2, -0.15) is 0 Å². The highest BCUT2D eigenvalue weighted by Crippen LogP contribution is 2.34. The number of ether oxygens (including phenoxy) is 3. The summed E-state index contributed by atoms with van der Waals surface area (Å²) < 4.78 is 15.8. The highest BCUT2D eigenvalue weighted by atomic mass is 32.2. The second-order valence-electron chi connectivity index (χ2n) is 4.51. The van der Waals surface area contributed by atoms with Crippen molar-refractivity contribution in [1.82, 2.24) is 10.6 Å². The summed E-state index contributed by atoms with van der Waals surface area (Å²) >= 11 is 1.72. The molecular weight excluding hydrogens is 292 g/mol. The molecule has 2 N–H and O–H groups in total. The molecule has 21 heavy (non-hydrogen) atoms. The molecule has 1 heterocycles. The fourth-order valence-electron chi connectivity index (χ4n) is 2.10. The summed E-state index contributed by atoms with van der Waals surface area (Å²) in [4.78, 5) is 12.0. The lowest BCUT2D eigenvalue weighted by Gasteiger charge is -2.15. The minimum atomic E-state index is -0.124. The summed E-state index contributed by atoms with van der Waals surface area (Å²) in [6.45, 7) is 0.380. The van der Waals surface area contributed by atoms with Gasteiger partial charge in [0.15, 0.2) is 11.5 Å². The molecule has 1 saturated heterocycles. The van der Waals surface area contributed by atoms with Crippen LogP contribution in [0.1, 0.15) is 5.56 Å². The third-order valence-corrected chi connectivity index (χ3v) is 4.21. The highest BCUT2D eigenvalue weighted by molar-refractivity contribution is 7.99. The van der Waals surface area contributed by atoms with Gasteiger partial charge in [-0.25, -0.2) is 0 Å². The molecule has 0 bridgehead atoms. The van der Waals surface area contributed by atoms with Crippen LogP contribution in [-0.2, 0) is 11.3 Å². The smallest absolute Gasteiger partial charge is 0.238 e. The first-order chi connectivity index (χ1) is 10.2. The second kappa shape index (κ2) is 7.42. The molecule has 1 atom stereocenters. The first-order valence-electron chi connectivity index (χ1n) is 6.57. The van der Waals surface area contributed by atoms with Crippen molar-refractivity contribution in [2.75, 3.05) is 33.0 Å². The molecule has 116 valence electrons. The van der Waals surface area contributed by atoms with Gasteiger partial charge in [-0.1, -0.05) is 0 Å². The molecule has 0 aromatic heterocycles. The van der Waals surface area contributed by atoms with Crippen molar-refractivity contribution in [2.24, 2.45) is 0 Å². The molecule has 1 amide bonds. The standard InChI is InChI=1S/C14H20N2O4S/c1-18-11-5-13(20-3)12(19-2)4-9(11)6-15-14(17)10-7-21-8-16-10/h4-5,10,16H,6-8H2,1-3H3,(H,15,17). The highest BCUT2D eigenvalue weighted by Gasteiger charge is 2.22. The molecule has 1 aliphatic rings. The van der Waals surface area contributed by atoms with E-state index in [1.54, 1.807) is 39.2 Å². The number of methoxy groups -OCH3 is 3. The Bertz CT molecular complexity index is 504. The van der Waals surface area contributed by atoms with Gasteiger partial charge in [0.1, 0.15) is 5.75 Å². The van der Waals surface area contributed by atoms with Gasteiger partial charge in [-0.05, 0) is 6.07 Å². The van der Waals surface area contributed by atoms with Crippen LogP contribution in [0.4, 0.5) is 0 Å². The number of carbonyl (C=O) groups is 1. The molecule has 1 unspecified atom stereocenters. The van der Waals surface area contributed by atoms with E-state index in [-0.39, 0.29) is 11.9 Å². The van der Waals surface area contributed by atoms with Crippen LogP contribution < -0.4 is 24.8 Å². The predicted molar refractivity (Wildman–Crippen MR) is 82.2 cm³/mol. The van der Waals surface area contributed by atoms with E-state index in [1.807, 2.05) is 6.07 Å². The van der Waals surface area contributed by atoms with Crippen molar-refractivity contribution < 1.29 is 19.0 Å². The fourth-order valence-corrected chi connectivity index (χ4v) is 3.04. The van der Waals surface area contributed by atoms with Gasteiger partial charge in [-0.3, -0.25) is 10.1 Å². The van der Waals surface area contributed by atoms with Gasteiger partial charge in [0.2, 0.25) is 5.91 Å². The molecule has 0 saturated carbocycles. The average molecular weight is 312 g/mol. The summed E-state index contributed by atoms with van der Waals surface area (Å²) in [7, 11) is 4.73. The van der Waals surface area contributed by atoms with E-state index in [2.05, 4.69) is 10.6 Å². The van der Waals surface area contributed by atoms with E-state index in [0.29, 0.717) is 23.8 Å². The molecular formula is C14H20N2O4S. The Morgan fingerprint density at radius 1 is 1.24 bits per heavy atom. The van der Waals surface area contributed by atoms with Crippen LogP contribution >= 0.6 is 11.8 Å². The summed E-state index contributed by atoms with van der Waals surface area (Å²) in [5, 5.41) is 6.05. The second-order valence-corrected chi connectivity index (χ2v) is 5.54. The molecule has 1 fully saturated rings. The van der Waals surface area contributed by atoms with Gasteiger partial charge in [0.05, 0.1) is 27.4 Å². The molecule has 1 aromatic carbocycles. The normalized spacial score (nSPS) is 17.4. The van der Waals surface area contributed by atoms with Crippen molar-refractivity contribution in [3.05, 3.63) is 17.7 Å². The molecule has 2 rings (SSSR count). The fraction of sp³-hybridized carbons (Fsp3) is 0.500. The van der Waals surface area contributed by atoms with E-state index in [4.69, 9.17) is 14.2 Å². The van der Waals surface area contributed by atoms with Crippen LogP contribution in [0.3, 0.4) is 0 Å². The van der Waals surface area contributed by atoms with Crippen molar-refractivity contribution in [3.63, 3.8) is 0 Å².